The highest BCUT2D eigenvalue weighted by Gasteiger charge is 2.28. The standard InChI is InChI=1S/C26H34N2O5/c1-4-6-14-27-26(30)22(5-2)28(17-20-8-7-9-21(15-20)31-3)25(29)13-11-19-10-12-23-24(16-19)33-18-32-23/h7-10,12,15-16,22H,4-6,11,13-14,17-18H2,1-3H3,(H,27,30)/t22-/m0/s1. The fourth-order valence-corrected chi connectivity index (χ4v) is 3.88. The second-order valence-electron chi connectivity index (χ2n) is 8.13. The predicted molar refractivity (Wildman–Crippen MR) is 126 cm³/mol. The monoisotopic (exact) mass is 454 g/mol. The summed E-state index contributed by atoms with van der Waals surface area (Å²) in [6.07, 6.45) is 3.30. The number of methoxy groups -OCH3 is 1. The molecule has 2 amide bonds. The van der Waals surface area contributed by atoms with Gasteiger partial charge in [-0.05, 0) is 54.7 Å². The number of unbranched alkanes of at least 4 members (excludes halogenated alkanes) is 1. The van der Waals surface area contributed by atoms with Crippen molar-refractivity contribution >= 4 is 11.8 Å². The fraction of sp³-hybridized carbons (Fsp3) is 0.462. The molecular formula is C26H34N2O5. The fourth-order valence-electron chi connectivity index (χ4n) is 3.88. The number of hydrogen-bond donors (Lipinski definition) is 1. The Labute approximate surface area is 196 Å². The van der Waals surface area contributed by atoms with Gasteiger partial charge in [0.05, 0.1) is 7.11 Å². The van der Waals surface area contributed by atoms with Gasteiger partial charge in [0.2, 0.25) is 18.6 Å². The predicted octanol–water partition coefficient (Wildman–Crippen LogP) is 4.08. The number of carbonyl (C=O) groups is 2. The first-order valence-electron chi connectivity index (χ1n) is 11.6. The number of hydrogen-bond acceptors (Lipinski definition) is 5. The Morgan fingerprint density at radius 2 is 1.91 bits per heavy atom. The Morgan fingerprint density at radius 3 is 2.67 bits per heavy atom. The highest BCUT2D eigenvalue weighted by Crippen LogP contribution is 2.33. The summed E-state index contributed by atoms with van der Waals surface area (Å²) < 4.78 is 16.1. The first-order valence-corrected chi connectivity index (χ1v) is 11.6. The van der Waals surface area contributed by atoms with E-state index in [0.29, 0.717) is 38.1 Å². The molecule has 0 fully saturated rings. The third-order valence-electron chi connectivity index (χ3n) is 5.77. The quantitative estimate of drug-likeness (QED) is 0.489. The summed E-state index contributed by atoms with van der Waals surface area (Å²) in [7, 11) is 1.61. The number of benzene rings is 2. The van der Waals surface area contributed by atoms with Crippen LogP contribution in [0, 0.1) is 0 Å². The summed E-state index contributed by atoms with van der Waals surface area (Å²) in [4.78, 5) is 28.1. The van der Waals surface area contributed by atoms with E-state index in [0.717, 1.165) is 35.5 Å². The summed E-state index contributed by atoms with van der Waals surface area (Å²) in [5.41, 5.74) is 1.92. The number of nitrogens with one attached hydrogen (secondary N) is 1. The lowest BCUT2D eigenvalue weighted by molar-refractivity contribution is -0.141. The van der Waals surface area contributed by atoms with Crippen LogP contribution in [0.15, 0.2) is 42.5 Å². The maximum absolute atomic E-state index is 13.4. The van der Waals surface area contributed by atoms with E-state index < -0.39 is 6.04 Å². The molecule has 33 heavy (non-hydrogen) atoms. The lowest BCUT2D eigenvalue weighted by Gasteiger charge is -2.31. The molecule has 2 aromatic carbocycles. The van der Waals surface area contributed by atoms with E-state index >= 15 is 0 Å². The molecule has 7 heteroatoms. The van der Waals surface area contributed by atoms with E-state index in [2.05, 4.69) is 12.2 Å². The van der Waals surface area contributed by atoms with Crippen molar-refractivity contribution in [3.63, 3.8) is 0 Å². The topological polar surface area (TPSA) is 77.1 Å². The molecule has 7 nitrogen and oxygen atoms in total. The van der Waals surface area contributed by atoms with Crippen LogP contribution in [0.25, 0.3) is 0 Å². The van der Waals surface area contributed by atoms with E-state index in [4.69, 9.17) is 14.2 Å². The first kappa shape index (κ1) is 24.4. The average Bonchev–Trinajstić information content (AvgIpc) is 3.30. The number of rotatable bonds is 12. The molecule has 0 aromatic heterocycles. The van der Waals surface area contributed by atoms with Crippen molar-refractivity contribution in [3.8, 4) is 17.2 Å². The SMILES string of the molecule is CCCCNC(=O)[C@H](CC)N(Cc1cccc(OC)c1)C(=O)CCc1ccc2c(c1)OCO2. The van der Waals surface area contributed by atoms with E-state index in [-0.39, 0.29) is 18.6 Å². The van der Waals surface area contributed by atoms with Crippen molar-refractivity contribution in [3.05, 3.63) is 53.6 Å². The number of carbonyl (C=O) groups excluding carboxylic acids is 2. The molecule has 0 radical (unpaired) electrons. The molecule has 1 atom stereocenters. The number of fused-ring (bicyclic) bond motifs is 1. The summed E-state index contributed by atoms with van der Waals surface area (Å²) in [6.45, 7) is 5.20. The molecule has 1 aliphatic heterocycles. The van der Waals surface area contributed by atoms with Crippen molar-refractivity contribution in [2.45, 2.75) is 58.5 Å². The second kappa shape index (κ2) is 12.1. The van der Waals surface area contributed by atoms with Crippen LogP contribution in [0.5, 0.6) is 17.2 Å². The molecule has 1 N–H and O–H groups in total. The Balaban J connectivity index is 1.75. The summed E-state index contributed by atoms with van der Waals surface area (Å²) in [6, 6.07) is 12.8. The number of aryl methyl sites for hydroxylation is 1. The maximum atomic E-state index is 13.4. The van der Waals surface area contributed by atoms with Gasteiger partial charge >= 0.3 is 0 Å². The zero-order valence-electron chi connectivity index (χ0n) is 19.8. The van der Waals surface area contributed by atoms with Crippen LogP contribution in [0.2, 0.25) is 0 Å². The smallest absolute Gasteiger partial charge is 0.242 e. The van der Waals surface area contributed by atoms with Crippen molar-refractivity contribution < 1.29 is 23.8 Å². The van der Waals surface area contributed by atoms with Crippen LogP contribution in [0.3, 0.4) is 0 Å². The lowest BCUT2D eigenvalue weighted by Crippen LogP contribution is -2.49. The van der Waals surface area contributed by atoms with Gasteiger partial charge in [0.1, 0.15) is 11.8 Å². The van der Waals surface area contributed by atoms with Gasteiger partial charge in [0.15, 0.2) is 11.5 Å². The van der Waals surface area contributed by atoms with Crippen molar-refractivity contribution in [2.75, 3.05) is 20.4 Å². The third kappa shape index (κ3) is 6.63. The molecule has 0 bridgehead atoms. The average molecular weight is 455 g/mol. The lowest BCUT2D eigenvalue weighted by atomic mass is 10.1. The van der Waals surface area contributed by atoms with Crippen LogP contribution >= 0.6 is 0 Å². The molecule has 2 aromatic rings. The molecule has 1 heterocycles. The second-order valence-corrected chi connectivity index (χ2v) is 8.13. The summed E-state index contributed by atoms with van der Waals surface area (Å²) in [5, 5.41) is 2.99. The highest BCUT2D eigenvalue weighted by molar-refractivity contribution is 5.87. The molecule has 0 unspecified atom stereocenters. The van der Waals surface area contributed by atoms with Crippen LogP contribution in [0.1, 0.15) is 50.7 Å². The normalized spacial score (nSPS) is 12.8. The van der Waals surface area contributed by atoms with Crippen LogP contribution in [0.4, 0.5) is 0 Å². The molecule has 1 aliphatic rings. The van der Waals surface area contributed by atoms with Crippen LogP contribution in [-0.2, 0) is 22.6 Å². The van der Waals surface area contributed by atoms with Crippen molar-refractivity contribution in [1.29, 1.82) is 0 Å². The van der Waals surface area contributed by atoms with Gasteiger partial charge in [-0.25, -0.2) is 0 Å². The minimum absolute atomic E-state index is 0.0621. The molecule has 3 rings (SSSR count). The Bertz CT molecular complexity index is 946. The Kier molecular flexibility index (Phi) is 8.98. The molecule has 0 saturated heterocycles. The number of nitrogens with zero attached hydrogens (tertiary/aromatic N) is 1. The van der Waals surface area contributed by atoms with E-state index in [1.165, 1.54) is 0 Å². The van der Waals surface area contributed by atoms with Gasteiger partial charge in [-0.15, -0.1) is 0 Å². The third-order valence-corrected chi connectivity index (χ3v) is 5.77. The van der Waals surface area contributed by atoms with E-state index in [1.807, 2.05) is 49.4 Å². The molecule has 0 saturated carbocycles. The first-order chi connectivity index (χ1) is 16.0. The maximum Gasteiger partial charge on any atom is 0.242 e. The van der Waals surface area contributed by atoms with Gasteiger partial charge < -0.3 is 24.4 Å². The van der Waals surface area contributed by atoms with E-state index in [9.17, 15) is 9.59 Å². The van der Waals surface area contributed by atoms with Crippen molar-refractivity contribution in [2.24, 2.45) is 0 Å². The molecule has 178 valence electrons. The molecule has 0 aliphatic carbocycles. The summed E-state index contributed by atoms with van der Waals surface area (Å²) in [5.74, 6) is 1.98. The zero-order chi connectivity index (χ0) is 23.6. The Morgan fingerprint density at radius 1 is 1.09 bits per heavy atom. The van der Waals surface area contributed by atoms with Gasteiger partial charge in [-0.2, -0.15) is 0 Å². The molecular weight excluding hydrogens is 420 g/mol. The highest BCUT2D eigenvalue weighted by atomic mass is 16.7. The van der Waals surface area contributed by atoms with Crippen LogP contribution < -0.4 is 19.5 Å². The van der Waals surface area contributed by atoms with Gasteiger partial charge in [0.25, 0.3) is 0 Å². The van der Waals surface area contributed by atoms with Gasteiger partial charge in [-0.3, -0.25) is 9.59 Å². The van der Waals surface area contributed by atoms with Crippen molar-refractivity contribution in [1.82, 2.24) is 10.2 Å². The molecule has 0 spiro atoms. The summed E-state index contributed by atoms with van der Waals surface area (Å²) >= 11 is 0. The minimum atomic E-state index is -0.530. The largest absolute Gasteiger partial charge is 0.497 e. The van der Waals surface area contributed by atoms with E-state index in [1.54, 1.807) is 12.0 Å². The Hall–Kier alpha value is -3.22. The minimum Gasteiger partial charge on any atom is -0.497 e. The number of ether oxygens (including phenoxy) is 3. The number of amides is 2. The van der Waals surface area contributed by atoms with Gasteiger partial charge in [-0.1, -0.05) is 38.5 Å². The zero-order valence-corrected chi connectivity index (χ0v) is 19.8. The van der Waals surface area contributed by atoms with Gasteiger partial charge in [0, 0.05) is 19.5 Å². The van der Waals surface area contributed by atoms with Crippen LogP contribution in [-0.4, -0.2) is 43.2 Å².